The van der Waals surface area contributed by atoms with Crippen molar-refractivity contribution in [3.8, 4) is 0 Å². The number of cyclic esters (lactones) is 1. The van der Waals surface area contributed by atoms with Gasteiger partial charge in [-0.25, -0.2) is 9.18 Å². The Hall–Kier alpha value is -3.86. The fraction of sp³-hybridized carbons (Fsp3) is 0.292. The average molecular weight is 499 g/mol. The van der Waals surface area contributed by atoms with Gasteiger partial charge in [-0.1, -0.05) is 18.2 Å². The second-order valence-electron chi connectivity index (χ2n) is 8.41. The lowest BCUT2D eigenvalue weighted by Gasteiger charge is -2.36. The minimum atomic E-state index is -0.764. The van der Waals surface area contributed by atoms with E-state index in [0.29, 0.717) is 48.9 Å². The Morgan fingerprint density at radius 3 is 2.57 bits per heavy atom. The van der Waals surface area contributed by atoms with Crippen LogP contribution in [0, 0.1) is 5.82 Å². The van der Waals surface area contributed by atoms with Crippen LogP contribution in [0.3, 0.4) is 0 Å². The highest BCUT2D eigenvalue weighted by Gasteiger charge is 2.36. The zero-order valence-corrected chi connectivity index (χ0v) is 19.7. The van der Waals surface area contributed by atoms with E-state index < -0.39 is 23.3 Å². The van der Waals surface area contributed by atoms with E-state index in [0.717, 1.165) is 5.39 Å². The van der Waals surface area contributed by atoms with E-state index in [1.165, 1.54) is 22.9 Å². The van der Waals surface area contributed by atoms with Gasteiger partial charge in [0.15, 0.2) is 12.0 Å². The number of benzene rings is 2. The second kappa shape index (κ2) is 9.06. The summed E-state index contributed by atoms with van der Waals surface area (Å²) in [5.41, 5.74) is 1.40. The quantitative estimate of drug-likeness (QED) is 0.546. The predicted octanol–water partition coefficient (Wildman–Crippen LogP) is 3.59. The number of hydrogen-bond acceptors (Lipinski definition) is 6. The Morgan fingerprint density at radius 1 is 1.14 bits per heavy atom. The summed E-state index contributed by atoms with van der Waals surface area (Å²) in [6.45, 7) is 1.84. The molecule has 2 amide bonds. The van der Waals surface area contributed by atoms with Crippen molar-refractivity contribution in [3.05, 3.63) is 60.1 Å². The van der Waals surface area contributed by atoms with Gasteiger partial charge in [0.25, 0.3) is 11.1 Å². The van der Waals surface area contributed by atoms with Crippen LogP contribution in [-0.4, -0.2) is 78.1 Å². The number of fused-ring (bicyclic) bond motifs is 1. The number of carbonyl (C=O) groups is 2. The number of rotatable bonds is 4. The van der Waals surface area contributed by atoms with Crippen molar-refractivity contribution in [2.45, 2.75) is 6.23 Å². The Kier molecular flexibility index (Phi) is 5.93. The first kappa shape index (κ1) is 22.9. The van der Waals surface area contributed by atoms with Gasteiger partial charge >= 0.3 is 6.09 Å². The number of furan rings is 1. The van der Waals surface area contributed by atoms with E-state index in [-0.39, 0.29) is 12.5 Å². The first-order valence-electron chi connectivity index (χ1n) is 11.1. The fourth-order valence-electron chi connectivity index (χ4n) is 4.30. The van der Waals surface area contributed by atoms with Gasteiger partial charge in [-0.2, -0.15) is 0 Å². The van der Waals surface area contributed by atoms with Crippen LogP contribution in [0.25, 0.3) is 11.0 Å². The van der Waals surface area contributed by atoms with Crippen molar-refractivity contribution in [3.63, 3.8) is 0 Å². The summed E-state index contributed by atoms with van der Waals surface area (Å²) in [5.74, 6) is -0.383. The smallest absolute Gasteiger partial charge is 0.416 e. The summed E-state index contributed by atoms with van der Waals surface area (Å²) in [6.07, 6.45) is -1.41. The Balaban J connectivity index is 1.23. The number of piperazine rings is 1. The lowest BCUT2D eigenvalue weighted by atomic mass is 10.2. The van der Waals surface area contributed by atoms with E-state index in [2.05, 4.69) is 0 Å². The Bertz CT molecular complexity index is 1270. The first-order chi connectivity index (χ1) is 16.8. The second-order valence-corrected chi connectivity index (χ2v) is 8.77. The summed E-state index contributed by atoms with van der Waals surface area (Å²) in [4.78, 5) is 31.2. The van der Waals surface area contributed by atoms with Crippen LogP contribution in [0.15, 0.2) is 52.9 Å². The SMILES string of the molecule is CN(C(O)=S)C1CN(c2ccc(N3CCN(C(=O)c4cc5ccccc5o4)CC3)c(F)c2)C(=O)O1. The molecule has 1 unspecified atom stereocenters. The third kappa shape index (κ3) is 4.34. The number of halogens is 1. The molecule has 2 aliphatic rings. The Labute approximate surface area is 205 Å². The molecule has 2 aliphatic heterocycles. The van der Waals surface area contributed by atoms with Crippen molar-refractivity contribution >= 4 is 51.7 Å². The van der Waals surface area contributed by atoms with Crippen molar-refractivity contribution < 1.29 is 28.2 Å². The molecule has 2 saturated heterocycles. The number of para-hydroxylation sites is 1. The maximum Gasteiger partial charge on any atom is 0.416 e. The number of thiocarbonyl (C=S) groups is 1. The zero-order chi connectivity index (χ0) is 24.7. The van der Waals surface area contributed by atoms with E-state index in [4.69, 9.17) is 21.4 Å². The van der Waals surface area contributed by atoms with E-state index >= 15 is 4.39 Å². The highest BCUT2D eigenvalue weighted by atomic mass is 32.1. The lowest BCUT2D eigenvalue weighted by molar-refractivity contribution is 0.0705. The lowest BCUT2D eigenvalue weighted by Crippen LogP contribution is -2.49. The molecule has 0 bridgehead atoms. The predicted molar refractivity (Wildman–Crippen MR) is 131 cm³/mol. The number of aliphatic hydroxyl groups excluding tert-OH is 1. The third-order valence-electron chi connectivity index (χ3n) is 6.32. The van der Waals surface area contributed by atoms with Crippen LogP contribution in [0.1, 0.15) is 10.6 Å². The molecule has 1 N–H and O–H groups in total. The van der Waals surface area contributed by atoms with Crippen LogP contribution >= 0.6 is 12.2 Å². The van der Waals surface area contributed by atoms with E-state index in [9.17, 15) is 14.7 Å². The topological polar surface area (TPSA) is 89.7 Å². The van der Waals surface area contributed by atoms with Crippen molar-refractivity contribution in [1.82, 2.24) is 9.80 Å². The molecule has 1 aromatic heterocycles. The molecule has 0 radical (unpaired) electrons. The molecule has 1 atom stereocenters. The Morgan fingerprint density at radius 2 is 1.89 bits per heavy atom. The number of likely N-dealkylation sites (N-methyl/N-ethyl adjacent to an activating group) is 1. The molecular formula is C24H23FN4O5S. The molecule has 35 heavy (non-hydrogen) atoms. The number of nitrogens with zero attached hydrogens (tertiary/aromatic N) is 4. The molecule has 0 spiro atoms. The molecule has 11 heteroatoms. The van der Waals surface area contributed by atoms with Gasteiger partial charge in [-0.3, -0.25) is 14.6 Å². The molecular weight excluding hydrogens is 475 g/mol. The van der Waals surface area contributed by atoms with Gasteiger partial charge in [0, 0.05) is 38.6 Å². The summed E-state index contributed by atoms with van der Waals surface area (Å²) in [7, 11) is 1.51. The van der Waals surface area contributed by atoms with Gasteiger partial charge in [-0.05, 0) is 42.5 Å². The number of hydrogen-bond donors (Lipinski definition) is 1. The zero-order valence-electron chi connectivity index (χ0n) is 18.9. The van der Waals surface area contributed by atoms with Crippen LogP contribution < -0.4 is 9.80 Å². The molecule has 5 rings (SSSR count). The van der Waals surface area contributed by atoms with Crippen LogP contribution in [0.2, 0.25) is 0 Å². The van der Waals surface area contributed by atoms with Crippen LogP contribution in [-0.2, 0) is 4.74 Å². The molecule has 3 aromatic rings. The molecule has 2 aromatic carbocycles. The minimum absolute atomic E-state index is 0.0946. The first-order valence-corrected chi connectivity index (χ1v) is 11.5. The maximum atomic E-state index is 15.1. The average Bonchev–Trinajstić information content (AvgIpc) is 3.47. The monoisotopic (exact) mass is 498 g/mol. The van der Waals surface area contributed by atoms with Crippen molar-refractivity contribution in [2.24, 2.45) is 0 Å². The van der Waals surface area contributed by atoms with Gasteiger partial charge in [0.05, 0.1) is 17.9 Å². The van der Waals surface area contributed by atoms with Gasteiger partial charge in [0.2, 0.25) is 0 Å². The maximum absolute atomic E-state index is 15.1. The molecule has 0 aliphatic carbocycles. The van der Waals surface area contributed by atoms with Crippen molar-refractivity contribution in [2.75, 3.05) is 49.6 Å². The van der Waals surface area contributed by atoms with Gasteiger partial charge in [-0.15, -0.1) is 0 Å². The van der Waals surface area contributed by atoms with Gasteiger partial charge < -0.3 is 24.1 Å². The van der Waals surface area contributed by atoms with E-state index in [1.807, 2.05) is 29.2 Å². The normalized spacial score (nSPS) is 18.2. The molecule has 3 heterocycles. The number of anilines is 2. The summed E-state index contributed by atoms with van der Waals surface area (Å²) in [6, 6.07) is 13.7. The molecule has 0 saturated carbocycles. The highest BCUT2D eigenvalue weighted by Crippen LogP contribution is 2.29. The molecule has 182 valence electrons. The fourth-order valence-corrected chi connectivity index (χ4v) is 4.41. The van der Waals surface area contributed by atoms with Crippen molar-refractivity contribution in [1.29, 1.82) is 0 Å². The summed E-state index contributed by atoms with van der Waals surface area (Å²) >= 11 is 4.70. The van der Waals surface area contributed by atoms with Crippen LogP contribution in [0.5, 0.6) is 0 Å². The number of aliphatic hydroxyl groups is 1. The van der Waals surface area contributed by atoms with Gasteiger partial charge in [0.1, 0.15) is 11.4 Å². The van der Waals surface area contributed by atoms with E-state index in [1.54, 1.807) is 23.1 Å². The number of carbonyl (C=O) groups excluding carboxylic acids is 2. The summed E-state index contributed by atoms with van der Waals surface area (Å²) < 4.78 is 26.0. The highest BCUT2D eigenvalue weighted by molar-refractivity contribution is 7.79. The number of amides is 2. The largest absolute Gasteiger partial charge is 0.486 e. The molecule has 2 fully saturated rings. The minimum Gasteiger partial charge on any atom is -0.486 e. The molecule has 9 nitrogen and oxygen atoms in total. The number of ether oxygens (including phenoxy) is 1. The third-order valence-corrected chi connectivity index (χ3v) is 6.60. The summed E-state index contributed by atoms with van der Waals surface area (Å²) in [5, 5.41) is 9.92. The van der Waals surface area contributed by atoms with Crippen LogP contribution in [0.4, 0.5) is 20.6 Å². The standard InChI is InChI=1S/C24H23FN4O5S/c1-26(24(32)35)21-14-29(23(31)34-21)16-6-7-18(17(25)13-16)27-8-10-28(11-9-27)22(30)20-12-15-4-2-3-5-19(15)33-20/h2-7,12-13,21H,8-11,14H2,1H3,(H,32,35).